The first-order valence-corrected chi connectivity index (χ1v) is 13.7. The van der Waals surface area contributed by atoms with Crippen molar-refractivity contribution in [3.63, 3.8) is 0 Å². The molecule has 0 fully saturated rings. The van der Waals surface area contributed by atoms with Crippen LogP contribution in [0.2, 0.25) is 0 Å². The monoisotopic (exact) mass is 549 g/mol. The van der Waals surface area contributed by atoms with Crippen molar-refractivity contribution in [1.29, 1.82) is 0 Å². The molecule has 2 heterocycles. The summed E-state index contributed by atoms with van der Waals surface area (Å²) >= 11 is 2.69. The Morgan fingerprint density at radius 1 is 1.29 bits per heavy atom. The van der Waals surface area contributed by atoms with Gasteiger partial charge in [-0.1, -0.05) is 23.9 Å². The molecule has 2 aromatic heterocycles. The van der Waals surface area contributed by atoms with Crippen molar-refractivity contribution in [2.24, 2.45) is 5.10 Å². The number of rotatable bonds is 9. The molecule has 0 radical (unpaired) electrons. The molecule has 0 unspecified atom stereocenters. The summed E-state index contributed by atoms with van der Waals surface area (Å²) in [5.74, 6) is 0.259. The second-order valence-corrected chi connectivity index (χ2v) is 10.5. The zero-order valence-electron chi connectivity index (χ0n) is 20.4. The number of nitro groups is 1. The van der Waals surface area contributed by atoms with Crippen LogP contribution >= 0.6 is 23.1 Å². The van der Waals surface area contributed by atoms with E-state index in [-0.39, 0.29) is 17.0 Å². The van der Waals surface area contributed by atoms with Crippen LogP contribution in [0.4, 0.5) is 5.69 Å². The molecule has 12 heteroatoms. The van der Waals surface area contributed by atoms with E-state index in [4.69, 9.17) is 9.72 Å². The smallest absolute Gasteiger partial charge is 0.270 e. The Morgan fingerprint density at radius 2 is 2.11 bits per heavy atom. The van der Waals surface area contributed by atoms with E-state index in [0.29, 0.717) is 39.0 Å². The van der Waals surface area contributed by atoms with Gasteiger partial charge in [0.25, 0.3) is 17.2 Å². The third-order valence-electron chi connectivity index (χ3n) is 5.93. The average molecular weight is 550 g/mol. The van der Waals surface area contributed by atoms with Crippen molar-refractivity contribution in [3.8, 4) is 11.4 Å². The van der Waals surface area contributed by atoms with Gasteiger partial charge in [0.1, 0.15) is 10.6 Å². The molecule has 0 saturated heterocycles. The van der Waals surface area contributed by atoms with Gasteiger partial charge in [0, 0.05) is 22.6 Å². The van der Waals surface area contributed by atoms with E-state index in [1.165, 1.54) is 23.2 Å². The maximum atomic E-state index is 13.7. The summed E-state index contributed by atoms with van der Waals surface area (Å²) in [6.07, 6.45) is 4.19. The third kappa shape index (κ3) is 5.31. The number of carbonyl (C=O) groups excluding carboxylic acids is 1. The number of thiophene rings is 1. The Bertz CT molecular complexity index is 1610. The van der Waals surface area contributed by atoms with Crippen LogP contribution in [-0.4, -0.2) is 39.0 Å². The SMILES string of the molecule is CCOc1ccc(-n2c(SCC(=O)NN=Cc3cccc([N+](=O)[O-])c3)nc3sc4c(c3c2=O)CCC4)cc1. The lowest BCUT2D eigenvalue weighted by molar-refractivity contribution is -0.384. The van der Waals surface area contributed by atoms with Crippen molar-refractivity contribution in [1.82, 2.24) is 15.0 Å². The zero-order valence-corrected chi connectivity index (χ0v) is 22.0. The molecule has 1 amide bonds. The Hall–Kier alpha value is -4.03. The quantitative estimate of drug-likeness (QED) is 0.107. The minimum Gasteiger partial charge on any atom is -0.494 e. The first-order valence-electron chi connectivity index (χ1n) is 11.9. The summed E-state index contributed by atoms with van der Waals surface area (Å²) in [7, 11) is 0. The highest BCUT2D eigenvalue weighted by molar-refractivity contribution is 7.99. The van der Waals surface area contributed by atoms with Crippen molar-refractivity contribution in [2.45, 2.75) is 31.3 Å². The number of non-ortho nitro benzene ring substituents is 1. The van der Waals surface area contributed by atoms with E-state index in [1.54, 1.807) is 52.3 Å². The number of aryl methyl sites for hydroxylation is 2. The van der Waals surface area contributed by atoms with Gasteiger partial charge >= 0.3 is 0 Å². The molecular formula is C26H23N5O5S2. The van der Waals surface area contributed by atoms with Gasteiger partial charge in [0.2, 0.25) is 0 Å². The lowest BCUT2D eigenvalue weighted by Gasteiger charge is -2.13. The maximum absolute atomic E-state index is 13.7. The first kappa shape index (κ1) is 25.6. The van der Waals surface area contributed by atoms with E-state index < -0.39 is 10.8 Å². The van der Waals surface area contributed by atoms with Crippen LogP contribution in [0.5, 0.6) is 5.75 Å². The highest BCUT2D eigenvalue weighted by atomic mass is 32.2. The summed E-state index contributed by atoms with van der Waals surface area (Å²) < 4.78 is 7.09. The van der Waals surface area contributed by atoms with Crippen LogP contribution in [0.15, 0.2) is 63.6 Å². The molecule has 1 aliphatic carbocycles. The largest absolute Gasteiger partial charge is 0.494 e. The number of hydrazone groups is 1. The van der Waals surface area contributed by atoms with Crippen LogP contribution in [0.3, 0.4) is 0 Å². The number of fused-ring (bicyclic) bond motifs is 3. The van der Waals surface area contributed by atoms with Crippen LogP contribution in [0, 0.1) is 10.1 Å². The summed E-state index contributed by atoms with van der Waals surface area (Å²) in [5.41, 5.74) is 4.42. The lowest BCUT2D eigenvalue weighted by atomic mass is 10.2. The van der Waals surface area contributed by atoms with E-state index in [1.807, 2.05) is 6.92 Å². The van der Waals surface area contributed by atoms with Gasteiger partial charge in [0.05, 0.1) is 34.6 Å². The predicted molar refractivity (Wildman–Crippen MR) is 148 cm³/mol. The van der Waals surface area contributed by atoms with Gasteiger partial charge < -0.3 is 4.74 Å². The van der Waals surface area contributed by atoms with Crippen molar-refractivity contribution in [3.05, 3.63) is 85.0 Å². The number of thioether (sulfide) groups is 1. The first-order chi connectivity index (χ1) is 18.4. The highest BCUT2D eigenvalue weighted by Gasteiger charge is 2.24. The Labute approximate surface area is 225 Å². The number of nitro benzene ring substituents is 1. The zero-order chi connectivity index (χ0) is 26.6. The third-order valence-corrected chi connectivity index (χ3v) is 8.05. The molecular weight excluding hydrogens is 526 g/mol. The summed E-state index contributed by atoms with van der Waals surface area (Å²) in [4.78, 5) is 43.4. The Balaban J connectivity index is 1.39. The Kier molecular flexibility index (Phi) is 7.52. The standard InChI is InChI=1S/C26H23N5O5S2/c1-2-36-19-11-9-17(10-12-19)30-25(33)23-20-7-4-8-21(20)38-24(23)28-26(30)37-15-22(32)29-27-14-16-5-3-6-18(13-16)31(34)35/h3,5-6,9-14H,2,4,7-8,15H2,1H3,(H,29,32). The second-order valence-electron chi connectivity index (χ2n) is 8.43. The van der Waals surface area contributed by atoms with Gasteiger partial charge in [-0.15, -0.1) is 11.3 Å². The fourth-order valence-electron chi connectivity index (χ4n) is 4.27. The molecule has 0 aliphatic heterocycles. The lowest BCUT2D eigenvalue weighted by Crippen LogP contribution is -2.24. The molecule has 4 aromatic rings. The van der Waals surface area contributed by atoms with Gasteiger partial charge in [0.15, 0.2) is 5.16 Å². The summed E-state index contributed by atoms with van der Waals surface area (Å²) in [5, 5.41) is 15.9. The van der Waals surface area contributed by atoms with Crippen molar-refractivity contribution < 1.29 is 14.5 Å². The molecule has 0 atom stereocenters. The minimum absolute atomic E-state index is 0.0354. The molecule has 1 aliphatic rings. The number of hydrogen-bond donors (Lipinski definition) is 1. The number of aromatic nitrogens is 2. The van der Waals surface area contributed by atoms with Gasteiger partial charge in [-0.25, -0.2) is 10.4 Å². The molecule has 2 aromatic carbocycles. The van der Waals surface area contributed by atoms with Crippen molar-refractivity contribution >= 4 is 51.1 Å². The van der Waals surface area contributed by atoms with Crippen LogP contribution in [0.1, 0.15) is 29.3 Å². The molecule has 38 heavy (non-hydrogen) atoms. The molecule has 194 valence electrons. The molecule has 5 rings (SSSR count). The van der Waals surface area contributed by atoms with Gasteiger partial charge in [-0.3, -0.25) is 24.3 Å². The Morgan fingerprint density at radius 3 is 2.87 bits per heavy atom. The van der Waals surface area contributed by atoms with E-state index in [2.05, 4.69) is 10.5 Å². The number of hydrogen-bond acceptors (Lipinski definition) is 9. The molecule has 10 nitrogen and oxygen atoms in total. The summed E-state index contributed by atoms with van der Waals surface area (Å²) in [6.45, 7) is 2.44. The van der Waals surface area contributed by atoms with Crippen LogP contribution < -0.4 is 15.7 Å². The van der Waals surface area contributed by atoms with E-state index in [0.717, 1.165) is 36.6 Å². The molecule has 1 N–H and O–H groups in total. The van der Waals surface area contributed by atoms with Crippen LogP contribution in [0.25, 0.3) is 15.9 Å². The fourth-order valence-corrected chi connectivity index (χ4v) is 6.37. The van der Waals surface area contributed by atoms with E-state index in [9.17, 15) is 19.7 Å². The van der Waals surface area contributed by atoms with E-state index >= 15 is 0 Å². The van der Waals surface area contributed by atoms with Crippen molar-refractivity contribution in [2.75, 3.05) is 12.4 Å². The molecule has 0 spiro atoms. The average Bonchev–Trinajstić information content (AvgIpc) is 3.50. The highest BCUT2D eigenvalue weighted by Crippen LogP contribution is 2.36. The topological polar surface area (TPSA) is 129 Å². The van der Waals surface area contributed by atoms with Gasteiger partial charge in [-0.05, 0) is 56.0 Å². The normalized spacial score (nSPS) is 12.7. The minimum atomic E-state index is -0.497. The number of amides is 1. The van der Waals surface area contributed by atoms with Gasteiger partial charge in [-0.2, -0.15) is 5.10 Å². The summed E-state index contributed by atoms with van der Waals surface area (Å²) in [6, 6.07) is 13.1. The number of benzene rings is 2. The number of carbonyl (C=O) groups is 1. The molecule has 0 bridgehead atoms. The fraction of sp³-hybridized carbons (Fsp3) is 0.231. The van der Waals surface area contributed by atoms with Crippen LogP contribution in [-0.2, 0) is 17.6 Å². The maximum Gasteiger partial charge on any atom is 0.270 e. The predicted octanol–water partition coefficient (Wildman–Crippen LogP) is 4.49. The number of ether oxygens (including phenoxy) is 1. The number of nitrogens with one attached hydrogen (secondary N) is 1. The number of nitrogens with zero attached hydrogens (tertiary/aromatic N) is 4. The molecule has 0 saturated carbocycles. The second kappa shape index (κ2) is 11.2.